The van der Waals surface area contributed by atoms with Crippen molar-refractivity contribution in [3.05, 3.63) is 28.8 Å². The molecule has 4 heterocycles. The van der Waals surface area contributed by atoms with Gasteiger partial charge in [0.25, 0.3) is 0 Å². The standard InChI is InChI=1S/C20H22ClN3O5S/c1-3-30(26,27)23-14-9-19(2)15-16-18(28-7-6-20(14,16)29-19)24(17(15)25)12-5-4-11(10-22)13(21)8-12/h4-5,8,14-16,18,23H,3,6-7,9H2,1-2H3/t14-,15-,16+,18+,19-,20+/m1/s1. The van der Waals surface area contributed by atoms with Gasteiger partial charge in [0.05, 0.1) is 46.1 Å². The molecule has 160 valence electrons. The van der Waals surface area contributed by atoms with Gasteiger partial charge in [-0.1, -0.05) is 11.6 Å². The summed E-state index contributed by atoms with van der Waals surface area (Å²) in [6, 6.07) is 6.49. The maximum absolute atomic E-state index is 13.6. The van der Waals surface area contributed by atoms with E-state index >= 15 is 0 Å². The van der Waals surface area contributed by atoms with Crippen LogP contribution in [0.2, 0.25) is 5.02 Å². The molecule has 30 heavy (non-hydrogen) atoms. The van der Waals surface area contributed by atoms with Gasteiger partial charge in [-0.3, -0.25) is 9.69 Å². The number of nitrogens with zero attached hydrogens (tertiary/aromatic N) is 2. The molecule has 4 fully saturated rings. The number of amides is 1. The molecule has 0 saturated carbocycles. The Morgan fingerprint density at radius 2 is 2.20 bits per heavy atom. The summed E-state index contributed by atoms with van der Waals surface area (Å²) in [7, 11) is -3.43. The maximum atomic E-state index is 13.6. The highest BCUT2D eigenvalue weighted by Gasteiger charge is 2.78. The van der Waals surface area contributed by atoms with Crippen LogP contribution < -0.4 is 9.62 Å². The molecule has 4 saturated heterocycles. The van der Waals surface area contributed by atoms with Crippen LogP contribution in [-0.4, -0.2) is 50.2 Å². The van der Waals surface area contributed by atoms with Gasteiger partial charge in [-0.25, -0.2) is 13.1 Å². The first-order valence-electron chi connectivity index (χ1n) is 10.0. The fourth-order valence-electron chi connectivity index (χ4n) is 5.90. The van der Waals surface area contributed by atoms with Crippen molar-refractivity contribution in [2.45, 2.75) is 50.2 Å². The number of rotatable bonds is 4. The number of carbonyl (C=O) groups excluding carboxylic acids is 1. The molecule has 2 bridgehead atoms. The van der Waals surface area contributed by atoms with Crippen LogP contribution in [0.1, 0.15) is 32.3 Å². The SMILES string of the molecule is CCS(=O)(=O)N[C@@H]1C[C@@]2(C)O[C@@]13CCO[C@H]1[C@@H]3[C@@H]2C(=O)N1c1ccc(C#N)c(Cl)c1. The van der Waals surface area contributed by atoms with Gasteiger partial charge in [0.15, 0.2) is 0 Å². The molecule has 6 atom stereocenters. The number of anilines is 1. The van der Waals surface area contributed by atoms with Gasteiger partial charge in [0, 0.05) is 18.0 Å². The molecule has 10 heteroatoms. The molecular formula is C20H22ClN3O5S. The second-order valence-electron chi connectivity index (χ2n) is 8.65. The minimum absolute atomic E-state index is 0.0148. The zero-order valence-corrected chi connectivity index (χ0v) is 18.2. The monoisotopic (exact) mass is 451 g/mol. The lowest BCUT2D eigenvalue weighted by molar-refractivity contribution is -0.143. The van der Waals surface area contributed by atoms with Crippen LogP contribution in [-0.2, 0) is 24.3 Å². The highest BCUT2D eigenvalue weighted by molar-refractivity contribution is 7.89. The third kappa shape index (κ3) is 2.55. The molecule has 1 aromatic carbocycles. The number of hydrogen-bond donors (Lipinski definition) is 1. The maximum Gasteiger partial charge on any atom is 0.235 e. The van der Waals surface area contributed by atoms with E-state index in [-0.39, 0.29) is 22.6 Å². The van der Waals surface area contributed by atoms with Crippen molar-refractivity contribution in [1.29, 1.82) is 5.26 Å². The van der Waals surface area contributed by atoms with Gasteiger partial charge in [-0.05, 0) is 38.5 Å². The Kier molecular flexibility index (Phi) is 4.32. The summed E-state index contributed by atoms with van der Waals surface area (Å²) in [4.78, 5) is 15.2. The van der Waals surface area contributed by atoms with Crippen molar-refractivity contribution in [1.82, 2.24) is 4.72 Å². The fraction of sp³-hybridized carbons (Fsp3) is 0.600. The molecule has 4 aliphatic rings. The number of nitriles is 1. The molecule has 1 N–H and O–H groups in total. The predicted octanol–water partition coefficient (Wildman–Crippen LogP) is 1.78. The number of carbonyl (C=O) groups is 1. The van der Waals surface area contributed by atoms with E-state index in [1.807, 2.05) is 13.0 Å². The third-order valence-electron chi connectivity index (χ3n) is 7.10. The Bertz CT molecular complexity index is 1090. The lowest BCUT2D eigenvalue weighted by Gasteiger charge is -2.45. The van der Waals surface area contributed by atoms with Crippen LogP contribution in [0.3, 0.4) is 0 Å². The number of benzene rings is 1. The van der Waals surface area contributed by atoms with Crippen molar-refractivity contribution < 1.29 is 22.7 Å². The van der Waals surface area contributed by atoms with Crippen LogP contribution in [0.15, 0.2) is 18.2 Å². The number of ether oxygens (including phenoxy) is 2. The molecule has 1 spiro atoms. The average Bonchev–Trinajstić information content (AvgIpc) is 3.25. The summed E-state index contributed by atoms with van der Waals surface area (Å²) in [5.41, 5.74) is -0.669. The van der Waals surface area contributed by atoms with Crippen molar-refractivity contribution >= 4 is 33.2 Å². The van der Waals surface area contributed by atoms with Crippen molar-refractivity contribution in [2.24, 2.45) is 11.8 Å². The van der Waals surface area contributed by atoms with E-state index in [0.29, 0.717) is 30.7 Å². The van der Waals surface area contributed by atoms with E-state index < -0.39 is 39.4 Å². The predicted molar refractivity (Wildman–Crippen MR) is 108 cm³/mol. The second-order valence-corrected chi connectivity index (χ2v) is 11.1. The molecule has 5 rings (SSSR count). The normalized spacial score (nSPS) is 39.3. The van der Waals surface area contributed by atoms with E-state index in [0.717, 1.165) is 0 Å². The molecule has 4 aliphatic heterocycles. The van der Waals surface area contributed by atoms with Crippen molar-refractivity contribution in [2.75, 3.05) is 17.3 Å². The lowest BCUT2D eigenvalue weighted by Crippen LogP contribution is -2.61. The Morgan fingerprint density at radius 1 is 1.43 bits per heavy atom. The Morgan fingerprint density at radius 3 is 2.87 bits per heavy atom. The Balaban J connectivity index is 1.57. The minimum atomic E-state index is -3.43. The summed E-state index contributed by atoms with van der Waals surface area (Å²) in [6.45, 7) is 3.84. The molecule has 0 aromatic heterocycles. The van der Waals surface area contributed by atoms with Crippen LogP contribution in [0, 0.1) is 23.2 Å². The average molecular weight is 452 g/mol. The molecule has 0 radical (unpaired) electrons. The molecule has 1 amide bonds. The Hall–Kier alpha value is -1.70. The first kappa shape index (κ1) is 20.2. The number of halogens is 1. The molecule has 0 unspecified atom stereocenters. The summed E-state index contributed by atoms with van der Waals surface area (Å²) in [5, 5.41) is 9.41. The highest BCUT2D eigenvalue weighted by Crippen LogP contribution is 2.65. The summed E-state index contributed by atoms with van der Waals surface area (Å²) in [5.74, 6) is -0.857. The van der Waals surface area contributed by atoms with Crippen LogP contribution in [0.4, 0.5) is 5.69 Å². The summed E-state index contributed by atoms with van der Waals surface area (Å²) in [6.07, 6.45) is 0.385. The minimum Gasteiger partial charge on any atom is -0.366 e. The highest BCUT2D eigenvalue weighted by atomic mass is 35.5. The number of nitrogens with one attached hydrogen (secondary N) is 1. The van der Waals surface area contributed by atoms with E-state index in [1.54, 1.807) is 30.0 Å². The number of sulfonamides is 1. The fourth-order valence-corrected chi connectivity index (χ4v) is 7.00. The molecular weight excluding hydrogens is 430 g/mol. The third-order valence-corrected chi connectivity index (χ3v) is 8.82. The first-order valence-corrected chi connectivity index (χ1v) is 12.0. The van der Waals surface area contributed by atoms with Gasteiger partial charge in [-0.2, -0.15) is 5.26 Å². The largest absolute Gasteiger partial charge is 0.366 e. The lowest BCUT2D eigenvalue weighted by atomic mass is 9.64. The van der Waals surface area contributed by atoms with Crippen LogP contribution in [0.25, 0.3) is 0 Å². The van der Waals surface area contributed by atoms with E-state index in [2.05, 4.69) is 4.72 Å². The molecule has 0 aliphatic carbocycles. The molecule has 8 nitrogen and oxygen atoms in total. The smallest absolute Gasteiger partial charge is 0.235 e. The van der Waals surface area contributed by atoms with Crippen LogP contribution in [0.5, 0.6) is 0 Å². The van der Waals surface area contributed by atoms with Gasteiger partial charge in [0.1, 0.15) is 12.3 Å². The zero-order chi connectivity index (χ0) is 21.5. The summed E-state index contributed by atoms with van der Waals surface area (Å²) >= 11 is 6.21. The zero-order valence-electron chi connectivity index (χ0n) is 16.6. The Labute approximate surface area is 180 Å². The second kappa shape index (κ2) is 6.40. The topological polar surface area (TPSA) is 109 Å². The van der Waals surface area contributed by atoms with E-state index in [9.17, 15) is 13.2 Å². The van der Waals surface area contributed by atoms with Gasteiger partial charge in [-0.15, -0.1) is 0 Å². The quantitative estimate of drug-likeness (QED) is 0.747. The summed E-state index contributed by atoms with van der Waals surface area (Å²) < 4.78 is 40.0. The van der Waals surface area contributed by atoms with E-state index in [4.69, 9.17) is 26.3 Å². The van der Waals surface area contributed by atoms with Gasteiger partial charge >= 0.3 is 0 Å². The number of hydrogen-bond acceptors (Lipinski definition) is 6. The molecule has 1 aromatic rings. The van der Waals surface area contributed by atoms with Crippen molar-refractivity contribution in [3.63, 3.8) is 0 Å². The number of fused-ring (bicyclic) bond motifs is 2. The van der Waals surface area contributed by atoms with Crippen molar-refractivity contribution in [3.8, 4) is 6.07 Å². The first-order chi connectivity index (χ1) is 14.2. The van der Waals surface area contributed by atoms with E-state index in [1.165, 1.54) is 0 Å². The van der Waals surface area contributed by atoms with Gasteiger partial charge < -0.3 is 9.47 Å². The van der Waals surface area contributed by atoms with Gasteiger partial charge in [0.2, 0.25) is 15.9 Å². The van der Waals surface area contributed by atoms with Crippen LogP contribution >= 0.6 is 11.6 Å².